The molecule has 0 bridgehead atoms. The molecule has 0 amide bonds. The summed E-state index contributed by atoms with van der Waals surface area (Å²) in [6.07, 6.45) is 1.03. The molecule has 0 aromatic heterocycles. The maximum Gasteiger partial charge on any atom is 0.131 e. The van der Waals surface area contributed by atoms with Crippen LogP contribution in [0.5, 0.6) is 0 Å². The van der Waals surface area contributed by atoms with Crippen molar-refractivity contribution in [2.24, 2.45) is 0 Å². The zero-order valence-corrected chi connectivity index (χ0v) is 10.3. The Balaban J connectivity index is 3.01. The van der Waals surface area contributed by atoms with Gasteiger partial charge in [0, 0.05) is 5.56 Å². The first-order valence-electron chi connectivity index (χ1n) is 5.71. The monoisotopic (exact) mass is 221 g/mol. The summed E-state index contributed by atoms with van der Waals surface area (Å²) in [5.41, 5.74) is 2.32. The molecule has 0 aliphatic rings. The van der Waals surface area contributed by atoms with Crippen LogP contribution >= 0.6 is 0 Å². The standard InChI is InChI=1S/C14H20FN/c1-5-9-16-14(10(2)3)12-8-6-7-11(4)13(12)15/h6-8,14,16H,2,5,9H2,1,3-4H3. The van der Waals surface area contributed by atoms with Crippen LogP contribution in [0.15, 0.2) is 30.4 Å². The molecule has 0 saturated heterocycles. The molecule has 1 aromatic carbocycles. The van der Waals surface area contributed by atoms with Crippen LogP contribution < -0.4 is 5.32 Å². The quantitative estimate of drug-likeness (QED) is 0.747. The van der Waals surface area contributed by atoms with E-state index in [1.165, 1.54) is 0 Å². The third-order valence-corrected chi connectivity index (χ3v) is 2.62. The Bertz CT molecular complexity index is 371. The highest BCUT2D eigenvalue weighted by molar-refractivity contribution is 5.31. The maximum absolute atomic E-state index is 14.0. The number of halogens is 1. The third kappa shape index (κ3) is 2.92. The van der Waals surface area contributed by atoms with E-state index in [1.54, 1.807) is 13.0 Å². The molecule has 0 radical (unpaired) electrons. The van der Waals surface area contributed by atoms with Crippen LogP contribution in [-0.2, 0) is 0 Å². The molecule has 2 heteroatoms. The summed E-state index contributed by atoms with van der Waals surface area (Å²) >= 11 is 0. The number of hydrogen-bond acceptors (Lipinski definition) is 1. The van der Waals surface area contributed by atoms with Crippen LogP contribution in [0.2, 0.25) is 0 Å². The van der Waals surface area contributed by atoms with E-state index in [0.29, 0.717) is 11.1 Å². The Morgan fingerprint density at radius 2 is 2.19 bits per heavy atom. The lowest BCUT2D eigenvalue weighted by atomic mass is 9.98. The predicted octanol–water partition coefficient (Wildman–Crippen LogP) is 3.75. The number of hydrogen-bond donors (Lipinski definition) is 1. The average Bonchev–Trinajstić information content (AvgIpc) is 2.24. The van der Waals surface area contributed by atoms with Gasteiger partial charge in [-0.15, -0.1) is 0 Å². The first kappa shape index (κ1) is 12.9. The second kappa shape index (κ2) is 5.80. The minimum Gasteiger partial charge on any atom is -0.306 e. The molecule has 1 N–H and O–H groups in total. The molecule has 1 unspecified atom stereocenters. The van der Waals surface area contributed by atoms with Gasteiger partial charge in [0.2, 0.25) is 0 Å². The van der Waals surface area contributed by atoms with Gasteiger partial charge in [0.25, 0.3) is 0 Å². The highest BCUT2D eigenvalue weighted by Crippen LogP contribution is 2.24. The van der Waals surface area contributed by atoms with Gasteiger partial charge in [0.05, 0.1) is 6.04 Å². The van der Waals surface area contributed by atoms with Crippen molar-refractivity contribution in [3.8, 4) is 0 Å². The van der Waals surface area contributed by atoms with Crippen molar-refractivity contribution in [3.63, 3.8) is 0 Å². The number of nitrogens with one attached hydrogen (secondary N) is 1. The molecule has 1 aromatic rings. The van der Waals surface area contributed by atoms with Crippen molar-refractivity contribution in [2.75, 3.05) is 6.54 Å². The van der Waals surface area contributed by atoms with E-state index in [1.807, 2.05) is 19.1 Å². The first-order valence-corrected chi connectivity index (χ1v) is 5.71. The van der Waals surface area contributed by atoms with E-state index < -0.39 is 0 Å². The van der Waals surface area contributed by atoms with Gasteiger partial charge in [0.15, 0.2) is 0 Å². The fourth-order valence-corrected chi connectivity index (χ4v) is 1.73. The molecule has 16 heavy (non-hydrogen) atoms. The maximum atomic E-state index is 14.0. The van der Waals surface area contributed by atoms with Gasteiger partial charge in [-0.1, -0.05) is 37.3 Å². The van der Waals surface area contributed by atoms with Crippen molar-refractivity contribution >= 4 is 0 Å². The lowest BCUT2D eigenvalue weighted by molar-refractivity contribution is 0.538. The van der Waals surface area contributed by atoms with Crippen LogP contribution in [0.1, 0.15) is 37.4 Å². The smallest absolute Gasteiger partial charge is 0.131 e. The van der Waals surface area contributed by atoms with E-state index >= 15 is 0 Å². The van der Waals surface area contributed by atoms with Gasteiger partial charge in [-0.2, -0.15) is 0 Å². The van der Waals surface area contributed by atoms with Crippen molar-refractivity contribution in [1.82, 2.24) is 5.32 Å². The summed E-state index contributed by atoms with van der Waals surface area (Å²) < 4.78 is 14.0. The van der Waals surface area contributed by atoms with Gasteiger partial charge in [0.1, 0.15) is 5.82 Å². The molecule has 1 nitrogen and oxygen atoms in total. The lowest BCUT2D eigenvalue weighted by Crippen LogP contribution is -2.24. The third-order valence-electron chi connectivity index (χ3n) is 2.62. The number of aryl methyl sites for hydroxylation is 1. The van der Waals surface area contributed by atoms with E-state index in [2.05, 4.69) is 18.8 Å². The molecule has 0 aliphatic heterocycles. The van der Waals surface area contributed by atoms with Gasteiger partial charge in [-0.05, 0) is 32.4 Å². The largest absolute Gasteiger partial charge is 0.306 e. The summed E-state index contributed by atoms with van der Waals surface area (Å²) in [4.78, 5) is 0. The minimum atomic E-state index is -0.126. The summed E-state index contributed by atoms with van der Waals surface area (Å²) in [6.45, 7) is 10.6. The van der Waals surface area contributed by atoms with Gasteiger partial charge >= 0.3 is 0 Å². The summed E-state index contributed by atoms with van der Waals surface area (Å²) in [5, 5.41) is 3.31. The number of rotatable bonds is 5. The second-order valence-electron chi connectivity index (χ2n) is 4.21. The topological polar surface area (TPSA) is 12.0 Å². The molecular formula is C14H20FN. The summed E-state index contributed by atoms with van der Waals surface area (Å²) in [7, 11) is 0. The molecule has 0 saturated carbocycles. The first-order chi connectivity index (χ1) is 7.57. The van der Waals surface area contributed by atoms with Crippen LogP contribution in [0, 0.1) is 12.7 Å². The van der Waals surface area contributed by atoms with Crippen molar-refractivity contribution in [1.29, 1.82) is 0 Å². The van der Waals surface area contributed by atoms with Crippen molar-refractivity contribution in [3.05, 3.63) is 47.3 Å². The zero-order valence-electron chi connectivity index (χ0n) is 10.3. The SMILES string of the molecule is C=C(C)C(NCCC)c1cccc(C)c1F. The normalized spacial score (nSPS) is 12.5. The van der Waals surface area contributed by atoms with Crippen LogP contribution in [0.3, 0.4) is 0 Å². The molecule has 1 atom stereocenters. The second-order valence-corrected chi connectivity index (χ2v) is 4.21. The average molecular weight is 221 g/mol. The van der Waals surface area contributed by atoms with E-state index in [4.69, 9.17) is 0 Å². The molecular weight excluding hydrogens is 201 g/mol. The zero-order chi connectivity index (χ0) is 12.1. The molecule has 0 spiro atoms. The molecule has 88 valence electrons. The van der Waals surface area contributed by atoms with Gasteiger partial charge in [-0.3, -0.25) is 0 Å². The fraction of sp³-hybridized carbons (Fsp3) is 0.429. The van der Waals surface area contributed by atoms with Crippen LogP contribution in [0.25, 0.3) is 0 Å². The Morgan fingerprint density at radius 3 is 2.75 bits per heavy atom. The van der Waals surface area contributed by atoms with E-state index in [0.717, 1.165) is 18.5 Å². The minimum absolute atomic E-state index is 0.0835. The Morgan fingerprint density at radius 1 is 1.50 bits per heavy atom. The molecule has 1 rings (SSSR count). The summed E-state index contributed by atoms with van der Waals surface area (Å²) in [6, 6.07) is 5.41. The van der Waals surface area contributed by atoms with Crippen molar-refractivity contribution < 1.29 is 4.39 Å². The lowest BCUT2D eigenvalue weighted by Gasteiger charge is -2.20. The Labute approximate surface area is 97.4 Å². The molecule has 0 aliphatic carbocycles. The number of benzene rings is 1. The van der Waals surface area contributed by atoms with Gasteiger partial charge < -0.3 is 5.32 Å². The Hall–Kier alpha value is -1.15. The van der Waals surface area contributed by atoms with Gasteiger partial charge in [-0.25, -0.2) is 4.39 Å². The summed E-state index contributed by atoms with van der Waals surface area (Å²) in [5.74, 6) is -0.126. The van der Waals surface area contributed by atoms with Crippen molar-refractivity contribution in [2.45, 2.75) is 33.2 Å². The molecule has 0 fully saturated rings. The molecule has 0 heterocycles. The predicted molar refractivity (Wildman–Crippen MR) is 67.0 cm³/mol. The highest BCUT2D eigenvalue weighted by Gasteiger charge is 2.16. The Kier molecular flexibility index (Phi) is 4.69. The fourth-order valence-electron chi connectivity index (χ4n) is 1.73. The van der Waals surface area contributed by atoms with Crippen LogP contribution in [0.4, 0.5) is 4.39 Å². The van der Waals surface area contributed by atoms with Crippen LogP contribution in [-0.4, -0.2) is 6.54 Å². The van der Waals surface area contributed by atoms with E-state index in [-0.39, 0.29) is 11.9 Å². The highest BCUT2D eigenvalue weighted by atomic mass is 19.1. The van der Waals surface area contributed by atoms with E-state index in [9.17, 15) is 4.39 Å².